The van der Waals surface area contributed by atoms with Gasteiger partial charge < -0.3 is 14.5 Å². The Labute approximate surface area is 186 Å². The summed E-state index contributed by atoms with van der Waals surface area (Å²) in [7, 11) is 4.10. The molecular weight excluding hydrogens is 390 g/mol. The first-order valence-corrected chi connectivity index (χ1v) is 11.6. The molecule has 2 aliphatic heterocycles. The first-order valence-electron chi connectivity index (χ1n) is 11.6. The number of piperidine rings is 1. The van der Waals surface area contributed by atoms with Crippen LogP contribution in [-0.2, 0) is 14.3 Å². The van der Waals surface area contributed by atoms with E-state index in [1.54, 1.807) is 0 Å². The summed E-state index contributed by atoms with van der Waals surface area (Å²) in [4.78, 5) is 32.6. The smallest absolute Gasteiger partial charge is 0.277 e. The van der Waals surface area contributed by atoms with Crippen LogP contribution in [0.15, 0.2) is 30.0 Å². The zero-order valence-electron chi connectivity index (χ0n) is 19.5. The van der Waals surface area contributed by atoms with Gasteiger partial charge in [-0.2, -0.15) is 0 Å². The summed E-state index contributed by atoms with van der Waals surface area (Å²) < 4.78 is 5.63. The third kappa shape index (κ3) is 5.55. The Balaban J connectivity index is 1.80. The SMILES string of the molecule is CCCCOCCCN1C(=O)C(c2ccc(C)cc2)=C(N(C)C2CCN(C)CC2)C1=O. The molecule has 0 saturated carbocycles. The first kappa shape index (κ1) is 23.5. The summed E-state index contributed by atoms with van der Waals surface area (Å²) >= 11 is 0. The molecule has 6 nitrogen and oxygen atoms in total. The fourth-order valence-corrected chi connectivity index (χ4v) is 4.31. The molecule has 1 aromatic rings. The second kappa shape index (κ2) is 10.9. The van der Waals surface area contributed by atoms with Gasteiger partial charge in [-0.05, 0) is 58.3 Å². The van der Waals surface area contributed by atoms with Crippen molar-refractivity contribution in [2.75, 3.05) is 46.9 Å². The molecule has 31 heavy (non-hydrogen) atoms. The van der Waals surface area contributed by atoms with Crippen molar-refractivity contribution in [3.8, 4) is 0 Å². The molecule has 2 aliphatic rings. The fraction of sp³-hybridized carbons (Fsp3) is 0.600. The Morgan fingerprint density at radius 2 is 1.68 bits per heavy atom. The molecule has 1 saturated heterocycles. The molecule has 0 radical (unpaired) electrons. The van der Waals surface area contributed by atoms with E-state index in [0.29, 0.717) is 30.8 Å². The summed E-state index contributed by atoms with van der Waals surface area (Å²) in [5, 5.41) is 0. The number of imide groups is 1. The van der Waals surface area contributed by atoms with Crippen molar-refractivity contribution < 1.29 is 14.3 Å². The highest BCUT2D eigenvalue weighted by atomic mass is 16.5. The Hall–Kier alpha value is -2.18. The minimum atomic E-state index is -0.183. The van der Waals surface area contributed by atoms with Crippen LogP contribution in [0.4, 0.5) is 0 Å². The lowest BCUT2D eigenvalue weighted by Gasteiger charge is -2.36. The highest BCUT2D eigenvalue weighted by molar-refractivity contribution is 6.35. The second-order valence-electron chi connectivity index (χ2n) is 8.82. The number of nitrogens with zero attached hydrogens (tertiary/aromatic N) is 3. The van der Waals surface area contributed by atoms with Crippen LogP contribution in [0, 0.1) is 6.92 Å². The number of likely N-dealkylation sites (N-methyl/N-ethyl adjacent to an activating group) is 1. The van der Waals surface area contributed by atoms with Crippen molar-refractivity contribution in [3.63, 3.8) is 0 Å². The van der Waals surface area contributed by atoms with Gasteiger partial charge in [-0.1, -0.05) is 43.2 Å². The predicted molar refractivity (Wildman–Crippen MR) is 123 cm³/mol. The lowest BCUT2D eigenvalue weighted by Crippen LogP contribution is -2.43. The maximum atomic E-state index is 13.4. The van der Waals surface area contributed by atoms with Crippen LogP contribution in [0.5, 0.6) is 0 Å². The zero-order valence-corrected chi connectivity index (χ0v) is 19.5. The highest BCUT2D eigenvalue weighted by Gasteiger charge is 2.42. The van der Waals surface area contributed by atoms with Crippen molar-refractivity contribution in [2.24, 2.45) is 0 Å². The molecule has 1 aromatic carbocycles. The lowest BCUT2D eigenvalue weighted by molar-refractivity contribution is -0.137. The van der Waals surface area contributed by atoms with Crippen LogP contribution >= 0.6 is 0 Å². The Morgan fingerprint density at radius 3 is 2.32 bits per heavy atom. The van der Waals surface area contributed by atoms with Crippen molar-refractivity contribution in [3.05, 3.63) is 41.1 Å². The number of ether oxygens (including phenoxy) is 1. The molecule has 0 unspecified atom stereocenters. The molecular formula is C25H37N3O3. The summed E-state index contributed by atoms with van der Waals surface area (Å²) in [5.74, 6) is -0.354. The molecule has 3 rings (SSSR count). The Morgan fingerprint density at radius 1 is 1.03 bits per heavy atom. The molecule has 2 amide bonds. The number of hydrogen-bond acceptors (Lipinski definition) is 5. The molecule has 0 spiro atoms. The van der Waals surface area contributed by atoms with Crippen LogP contribution in [0.3, 0.4) is 0 Å². The average Bonchev–Trinajstić information content (AvgIpc) is 3.01. The van der Waals surface area contributed by atoms with E-state index in [4.69, 9.17) is 4.74 Å². The third-order valence-corrected chi connectivity index (χ3v) is 6.38. The molecule has 0 bridgehead atoms. The topological polar surface area (TPSA) is 53.1 Å². The van der Waals surface area contributed by atoms with Gasteiger partial charge in [0.25, 0.3) is 11.8 Å². The number of rotatable bonds is 10. The van der Waals surface area contributed by atoms with Crippen LogP contribution < -0.4 is 0 Å². The maximum absolute atomic E-state index is 13.4. The number of carbonyl (C=O) groups excluding carboxylic acids is 2. The minimum absolute atomic E-state index is 0.171. The standard InChI is InChI=1S/C25H37N3O3/c1-5-6-17-31-18-7-14-28-24(29)22(20-10-8-19(2)9-11-20)23(25(28)30)27(4)21-12-15-26(3)16-13-21/h8-11,21H,5-7,12-18H2,1-4H3. The van der Waals surface area contributed by atoms with Crippen LogP contribution in [-0.4, -0.2) is 79.5 Å². The summed E-state index contributed by atoms with van der Waals surface area (Å²) in [6.07, 6.45) is 4.77. The second-order valence-corrected chi connectivity index (χ2v) is 8.82. The Bertz CT molecular complexity index is 795. The number of aryl methyl sites for hydroxylation is 1. The molecule has 0 atom stereocenters. The van der Waals surface area contributed by atoms with Crippen LogP contribution in [0.25, 0.3) is 5.57 Å². The van der Waals surface area contributed by atoms with Crippen molar-refractivity contribution in [2.45, 2.75) is 52.0 Å². The van der Waals surface area contributed by atoms with E-state index in [1.165, 1.54) is 4.90 Å². The van der Waals surface area contributed by atoms with Crippen molar-refractivity contribution in [1.82, 2.24) is 14.7 Å². The Kier molecular flexibility index (Phi) is 8.27. The number of benzene rings is 1. The number of likely N-dealkylation sites (tertiary alicyclic amines) is 1. The molecule has 2 heterocycles. The van der Waals surface area contributed by atoms with Gasteiger partial charge >= 0.3 is 0 Å². The van der Waals surface area contributed by atoms with Gasteiger partial charge in [0, 0.05) is 32.8 Å². The quantitative estimate of drug-likeness (QED) is 0.424. The van der Waals surface area contributed by atoms with Gasteiger partial charge in [0.15, 0.2) is 0 Å². The summed E-state index contributed by atoms with van der Waals surface area (Å²) in [6, 6.07) is 8.17. The van der Waals surface area contributed by atoms with Crippen molar-refractivity contribution >= 4 is 17.4 Å². The van der Waals surface area contributed by atoms with Gasteiger partial charge in [0.2, 0.25) is 0 Å². The third-order valence-electron chi connectivity index (χ3n) is 6.38. The van der Waals surface area contributed by atoms with Gasteiger partial charge in [-0.15, -0.1) is 0 Å². The molecule has 0 N–H and O–H groups in total. The van der Waals surface area contributed by atoms with E-state index in [-0.39, 0.29) is 17.9 Å². The number of hydrogen-bond donors (Lipinski definition) is 0. The maximum Gasteiger partial charge on any atom is 0.277 e. The van der Waals surface area contributed by atoms with Crippen LogP contribution in [0.2, 0.25) is 0 Å². The van der Waals surface area contributed by atoms with E-state index < -0.39 is 0 Å². The number of amides is 2. The van der Waals surface area contributed by atoms with Gasteiger partial charge in [-0.3, -0.25) is 14.5 Å². The van der Waals surface area contributed by atoms with Crippen LogP contribution in [0.1, 0.15) is 50.2 Å². The highest BCUT2D eigenvalue weighted by Crippen LogP contribution is 2.33. The fourth-order valence-electron chi connectivity index (χ4n) is 4.31. The zero-order chi connectivity index (χ0) is 22.4. The molecule has 1 fully saturated rings. The lowest BCUT2D eigenvalue weighted by atomic mass is 9.99. The van der Waals surface area contributed by atoms with Gasteiger partial charge in [0.05, 0.1) is 5.57 Å². The summed E-state index contributed by atoms with van der Waals surface area (Å²) in [5.41, 5.74) is 3.04. The number of unbranched alkanes of at least 4 members (excludes halogenated alkanes) is 1. The van der Waals surface area contributed by atoms with E-state index in [1.807, 2.05) is 38.2 Å². The molecule has 6 heteroatoms. The largest absolute Gasteiger partial charge is 0.381 e. The van der Waals surface area contributed by atoms with E-state index in [9.17, 15) is 9.59 Å². The average molecular weight is 428 g/mol. The van der Waals surface area contributed by atoms with Gasteiger partial charge in [0.1, 0.15) is 5.70 Å². The summed E-state index contributed by atoms with van der Waals surface area (Å²) in [6.45, 7) is 7.85. The monoisotopic (exact) mass is 427 g/mol. The normalized spacial score (nSPS) is 18.4. The van der Waals surface area contributed by atoms with E-state index >= 15 is 0 Å². The molecule has 0 aromatic heterocycles. The minimum Gasteiger partial charge on any atom is -0.381 e. The predicted octanol–water partition coefficient (Wildman–Crippen LogP) is 3.31. The molecule has 0 aliphatic carbocycles. The van der Waals surface area contributed by atoms with E-state index in [2.05, 4.69) is 23.8 Å². The molecule has 170 valence electrons. The van der Waals surface area contributed by atoms with Crippen molar-refractivity contribution in [1.29, 1.82) is 0 Å². The first-order chi connectivity index (χ1) is 14.9. The van der Waals surface area contributed by atoms with E-state index in [0.717, 1.165) is 56.5 Å². The number of carbonyl (C=O) groups is 2. The van der Waals surface area contributed by atoms with Gasteiger partial charge in [-0.25, -0.2) is 0 Å².